The Bertz CT molecular complexity index is 687. The lowest BCUT2D eigenvalue weighted by atomic mass is 10.2. The molecule has 24 heavy (non-hydrogen) atoms. The third-order valence-electron chi connectivity index (χ3n) is 3.50. The number of nitrogens with zero attached hydrogens (tertiary/aromatic N) is 1. The molecule has 2 aromatic carbocycles. The lowest BCUT2D eigenvalue weighted by Gasteiger charge is -2.13. The number of ether oxygens (including phenoxy) is 1. The molecule has 5 nitrogen and oxygen atoms in total. The second-order valence-corrected chi connectivity index (χ2v) is 5.95. The molecule has 0 aliphatic rings. The summed E-state index contributed by atoms with van der Waals surface area (Å²) >= 11 is 5.95. The molecule has 0 saturated carbocycles. The molecule has 6 heteroatoms. The Morgan fingerprint density at radius 1 is 1.17 bits per heavy atom. The zero-order valence-electron chi connectivity index (χ0n) is 14.1. The first-order chi connectivity index (χ1) is 11.5. The van der Waals surface area contributed by atoms with Gasteiger partial charge < -0.3 is 20.3 Å². The van der Waals surface area contributed by atoms with E-state index in [0.717, 1.165) is 11.4 Å². The number of methoxy groups -OCH3 is 1. The summed E-state index contributed by atoms with van der Waals surface area (Å²) in [6.07, 6.45) is 0.338. The monoisotopic (exact) mass is 347 g/mol. The number of anilines is 3. The summed E-state index contributed by atoms with van der Waals surface area (Å²) < 4.78 is 5.21. The first-order valence-electron chi connectivity index (χ1n) is 7.64. The number of hydrogen-bond donors (Lipinski definition) is 2. The highest BCUT2D eigenvalue weighted by molar-refractivity contribution is 6.31. The minimum absolute atomic E-state index is 0.104. The quantitative estimate of drug-likeness (QED) is 0.798. The predicted octanol–water partition coefficient (Wildman–Crippen LogP) is 3.86. The van der Waals surface area contributed by atoms with E-state index in [1.54, 1.807) is 25.3 Å². The second kappa shape index (κ2) is 8.45. The van der Waals surface area contributed by atoms with Crippen molar-refractivity contribution in [3.05, 3.63) is 47.5 Å². The average Bonchev–Trinajstić information content (AvgIpc) is 2.55. The van der Waals surface area contributed by atoms with E-state index in [2.05, 4.69) is 10.6 Å². The number of hydrogen-bond acceptors (Lipinski definition) is 4. The third-order valence-corrected chi connectivity index (χ3v) is 3.74. The zero-order valence-corrected chi connectivity index (χ0v) is 14.9. The summed E-state index contributed by atoms with van der Waals surface area (Å²) in [6, 6.07) is 13.2. The number of carbonyl (C=O) groups is 1. The van der Waals surface area contributed by atoms with Crippen molar-refractivity contribution in [2.45, 2.75) is 6.42 Å². The van der Waals surface area contributed by atoms with Crippen molar-refractivity contribution < 1.29 is 9.53 Å². The van der Waals surface area contributed by atoms with Crippen LogP contribution < -0.4 is 20.3 Å². The predicted molar refractivity (Wildman–Crippen MR) is 101 cm³/mol. The van der Waals surface area contributed by atoms with E-state index < -0.39 is 0 Å². The topological polar surface area (TPSA) is 53.6 Å². The first kappa shape index (κ1) is 17.9. The highest BCUT2D eigenvalue weighted by Crippen LogP contribution is 2.27. The molecule has 0 aliphatic heterocycles. The lowest BCUT2D eigenvalue weighted by Crippen LogP contribution is -2.16. The molecule has 0 aromatic heterocycles. The van der Waals surface area contributed by atoms with Crippen LogP contribution in [0.3, 0.4) is 0 Å². The average molecular weight is 348 g/mol. The van der Waals surface area contributed by atoms with Crippen molar-refractivity contribution >= 4 is 34.6 Å². The molecule has 0 unspecified atom stereocenters. The molecule has 0 spiro atoms. The van der Waals surface area contributed by atoms with E-state index in [1.165, 1.54) is 0 Å². The van der Waals surface area contributed by atoms with Crippen molar-refractivity contribution in [1.82, 2.24) is 0 Å². The Morgan fingerprint density at radius 3 is 2.50 bits per heavy atom. The van der Waals surface area contributed by atoms with Crippen molar-refractivity contribution in [2.75, 3.05) is 43.3 Å². The fourth-order valence-corrected chi connectivity index (χ4v) is 2.36. The summed E-state index contributed by atoms with van der Waals surface area (Å²) in [6.45, 7) is 0.538. The number of benzene rings is 2. The van der Waals surface area contributed by atoms with Gasteiger partial charge in [0.15, 0.2) is 0 Å². The van der Waals surface area contributed by atoms with Crippen molar-refractivity contribution in [2.24, 2.45) is 0 Å². The maximum Gasteiger partial charge on any atom is 0.226 e. The number of nitrogens with one attached hydrogen (secondary N) is 2. The molecule has 0 fully saturated rings. The Morgan fingerprint density at radius 2 is 1.88 bits per heavy atom. The van der Waals surface area contributed by atoms with E-state index in [-0.39, 0.29) is 5.91 Å². The van der Waals surface area contributed by atoms with Crippen molar-refractivity contribution in [3.63, 3.8) is 0 Å². The molecule has 0 atom stereocenters. The van der Waals surface area contributed by atoms with Crippen LogP contribution in [0.4, 0.5) is 17.1 Å². The van der Waals surface area contributed by atoms with Crippen LogP contribution in [0.2, 0.25) is 5.02 Å². The van der Waals surface area contributed by atoms with E-state index >= 15 is 0 Å². The summed E-state index contributed by atoms with van der Waals surface area (Å²) in [7, 11) is 5.55. The molecule has 0 heterocycles. The van der Waals surface area contributed by atoms with E-state index in [4.69, 9.17) is 16.3 Å². The number of rotatable bonds is 7. The van der Waals surface area contributed by atoms with Gasteiger partial charge in [-0.3, -0.25) is 4.79 Å². The van der Waals surface area contributed by atoms with Crippen LogP contribution in [-0.4, -0.2) is 33.7 Å². The van der Waals surface area contributed by atoms with Gasteiger partial charge in [-0.05, 0) is 42.5 Å². The van der Waals surface area contributed by atoms with E-state index in [9.17, 15) is 4.79 Å². The number of carbonyl (C=O) groups excluding carboxylic acids is 1. The zero-order chi connectivity index (χ0) is 17.5. The molecule has 2 rings (SSSR count). The van der Waals surface area contributed by atoms with Crippen LogP contribution in [0, 0.1) is 0 Å². The van der Waals surface area contributed by atoms with Gasteiger partial charge >= 0.3 is 0 Å². The Kier molecular flexibility index (Phi) is 6.32. The summed E-state index contributed by atoms with van der Waals surface area (Å²) in [4.78, 5) is 14.1. The van der Waals surface area contributed by atoms with Crippen LogP contribution in [-0.2, 0) is 4.79 Å². The molecular formula is C18H22ClN3O2. The van der Waals surface area contributed by atoms with Crippen molar-refractivity contribution in [1.29, 1.82) is 0 Å². The van der Waals surface area contributed by atoms with Gasteiger partial charge in [0, 0.05) is 43.5 Å². The Labute approximate surface area is 147 Å². The normalized spacial score (nSPS) is 10.2. The Hall–Kier alpha value is -2.40. The van der Waals surface area contributed by atoms with Gasteiger partial charge in [0.2, 0.25) is 5.91 Å². The molecule has 2 N–H and O–H groups in total. The maximum atomic E-state index is 12.1. The SMILES string of the molecule is COc1ccc(Cl)cc1NC(=O)CCNc1ccc(N(C)C)cc1. The van der Waals surface area contributed by atoms with Gasteiger partial charge in [-0.15, -0.1) is 0 Å². The van der Waals surface area contributed by atoms with Gasteiger partial charge in [0.1, 0.15) is 5.75 Å². The lowest BCUT2D eigenvalue weighted by molar-refractivity contribution is -0.115. The number of halogens is 1. The highest BCUT2D eigenvalue weighted by atomic mass is 35.5. The van der Waals surface area contributed by atoms with Crippen LogP contribution >= 0.6 is 11.6 Å². The van der Waals surface area contributed by atoms with Crippen LogP contribution in [0.25, 0.3) is 0 Å². The van der Waals surface area contributed by atoms with E-state index in [1.807, 2.05) is 43.3 Å². The first-order valence-corrected chi connectivity index (χ1v) is 8.02. The molecule has 0 bridgehead atoms. The molecule has 0 aliphatic carbocycles. The second-order valence-electron chi connectivity index (χ2n) is 5.51. The summed E-state index contributed by atoms with van der Waals surface area (Å²) in [5, 5.41) is 6.59. The van der Waals surface area contributed by atoms with Gasteiger partial charge in [-0.1, -0.05) is 11.6 Å². The smallest absolute Gasteiger partial charge is 0.226 e. The van der Waals surface area contributed by atoms with Crippen LogP contribution in [0.15, 0.2) is 42.5 Å². The minimum atomic E-state index is -0.104. The van der Waals surface area contributed by atoms with Gasteiger partial charge in [0.25, 0.3) is 0 Å². The molecule has 128 valence electrons. The Balaban J connectivity index is 1.84. The van der Waals surface area contributed by atoms with Crippen LogP contribution in [0.5, 0.6) is 5.75 Å². The highest BCUT2D eigenvalue weighted by Gasteiger charge is 2.08. The molecule has 1 amide bonds. The largest absolute Gasteiger partial charge is 0.495 e. The summed E-state index contributed by atoms with van der Waals surface area (Å²) in [5.74, 6) is 0.480. The maximum absolute atomic E-state index is 12.1. The van der Waals surface area contributed by atoms with Crippen molar-refractivity contribution in [3.8, 4) is 5.75 Å². The minimum Gasteiger partial charge on any atom is -0.495 e. The molecule has 2 aromatic rings. The van der Waals surface area contributed by atoms with Crippen LogP contribution in [0.1, 0.15) is 6.42 Å². The van der Waals surface area contributed by atoms with Gasteiger partial charge in [0.05, 0.1) is 12.8 Å². The summed E-state index contributed by atoms with van der Waals surface area (Å²) in [5.41, 5.74) is 2.69. The molecule has 0 saturated heterocycles. The molecular weight excluding hydrogens is 326 g/mol. The van der Waals surface area contributed by atoms with Gasteiger partial charge in [-0.2, -0.15) is 0 Å². The third kappa shape index (κ3) is 5.06. The fourth-order valence-electron chi connectivity index (χ4n) is 2.19. The standard InChI is InChI=1S/C18H22ClN3O2/c1-22(2)15-7-5-14(6-8-15)20-11-10-18(23)21-16-12-13(19)4-9-17(16)24-3/h4-9,12,20H,10-11H2,1-3H3,(H,21,23). The fraction of sp³-hybridized carbons (Fsp3) is 0.278. The van der Waals surface area contributed by atoms with Gasteiger partial charge in [-0.25, -0.2) is 0 Å². The number of amides is 1. The van der Waals surface area contributed by atoms with E-state index in [0.29, 0.717) is 29.4 Å². The molecule has 0 radical (unpaired) electrons.